The molecule has 13 heteroatoms. The van der Waals surface area contributed by atoms with Gasteiger partial charge < -0.3 is 38.8 Å². The second-order valence-corrected chi connectivity index (χ2v) is 7.51. The molecule has 5 atom stereocenters. The maximum Gasteiger partial charge on any atom is 0.335 e. The van der Waals surface area contributed by atoms with E-state index in [1.807, 2.05) is 0 Å². The topological polar surface area (TPSA) is 173 Å². The van der Waals surface area contributed by atoms with E-state index in [4.69, 9.17) is 28.4 Å². The number of aromatic carboxylic acids is 1. The summed E-state index contributed by atoms with van der Waals surface area (Å²) in [7, 11) is 1.29. The highest BCUT2D eigenvalue weighted by Crippen LogP contribution is 2.33. The van der Waals surface area contributed by atoms with E-state index in [2.05, 4.69) is 5.32 Å². The minimum atomic E-state index is -1.37. The highest BCUT2D eigenvalue weighted by atomic mass is 16.7. The van der Waals surface area contributed by atoms with E-state index >= 15 is 0 Å². The molecule has 0 aliphatic carbocycles. The highest BCUT2D eigenvalue weighted by Gasteiger charge is 2.52. The third kappa shape index (κ3) is 7.57. The summed E-state index contributed by atoms with van der Waals surface area (Å²) in [4.78, 5) is 58.4. The van der Waals surface area contributed by atoms with Crippen LogP contribution in [0.4, 0.5) is 0 Å². The van der Waals surface area contributed by atoms with E-state index in [-0.39, 0.29) is 17.1 Å². The van der Waals surface area contributed by atoms with Crippen LogP contribution in [-0.2, 0) is 38.1 Å². The molecule has 13 nitrogen and oxygen atoms in total. The number of rotatable bonds is 9. The standard InChI is InChI=1S/C22H27NO12/c1-10(24)23-18-20(33-13(4)27)19(32-12(3)26)17(9-31-11(2)25)35-22(18)34-15-7-6-14(21(28)29)8-16(15)30-5/h6-8,17-20,22H,9H2,1-5H3,(H,23,24)(H,28,29)/t17-,18+,19+,20-,22-/m1/s1. The van der Waals surface area contributed by atoms with Crippen LogP contribution in [0.15, 0.2) is 18.2 Å². The van der Waals surface area contributed by atoms with Gasteiger partial charge in [-0.1, -0.05) is 0 Å². The van der Waals surface area contributed by atoms with Crippen LogP contribution in [0.2, 0.25) is 0 Å². The number of carboxylic acid groups (broad SMARTS) is 1. The summed E-state index contributed by atoms with van der Waals surface area (Å²) in [5.41, 5.74) is -0.0716. The lowest BCUT2D eigenvalue weighted by molar-refractivity contribution is -0.257. The number of methoxy groups -OCH3 is 1. The molecule has 1 aliphatic rings. The number of benzene rings is 1. The summed E-state index contributed by atoms with van der Waals surface area (Å²) >= 11 is 0. The first-order valence-electron chi connectivity index (χ1n) is 10.4. The van der Waals surface area contributed by atoms with Crippen LogP contribution in [0, 0.1) is 0 Å². The zero-order valence-corrected chi connectivity index (χ0v) is 19.8. The average Bonchev–Trinajstić information content (AvgIpc) is 2.75. The molecule has 1 aromatic rings. The van der Waals surface area contributed by atoms with Crippen molar-refractivity contribution < 1.29 is 57.5 Å². The van der Waals surface area contributed by atoms with Gasteiger partial charge >= 0.3 is 23.9 Å². The van der Waals surface area contributed by atoms with Crippen LogP contribution < -0.4 is 14.8 Å². The fourth-order valence-corrected chi connectivity index (χ4v) is 3.41. The molecule has 0 saturated carbocycles. The van der Waals surface area contributed by atoms with Gasteiger partial charge in [-0.25, -0.2) is 4.79 Å². The van der Waals surface area contributed by atoms with Crippen LogP contribution >= 0.6 is 0 Å². The van der Waals surface area contributed by atoms with Gasteiger partial charge in [-0.3, -0.25) is 19.2 Å². The second kappa shape index (κ2) is 12.0. The summed E-state index contributed by atoms with van der Waals surface area (Å²) in [5.74, 6) is -3.80. The Balaban J connectivity index is 2.52. The second-order valence-electron chi connectivity index (χ2n) is 7.51. The molecule has 1 saturated heterocycles. The van der Waals surface area contributed by atoms with E-state index in [0.29, 0.717) is 0 Å². The van der Waals surface area contributed by atoms with Crippen molar-refractivity contribution in [1.29, 1.82) is 0 Å². The molecule has 0 radical (unpaired) electrons. The van der Waals surface area contributed by atoms with Gasteiger partial charge in [0.25, 0.3) is 0 Å². The van der Waals surface area contributed by atoms with Gasteiger partial charge in [0.05, 0.1) is 12.7 Å². The number of amides is 1. The Morgan fingerprint density at radius 3 is 2.09 bits per heavy atom. The van der Waals surface area contributed by atoms with E-state index < -0.39 is 67.0 Å². The van der Waals surface area contributed by atoms with Crippen molar-refractivity contribution in [3.63, 3.8) is 0 Å². The Morgan fingerprint density at radius 2 is 1.57 bits per heavy atom. The number of carboxylic acids is 1. The van der Waals surface area contributed by atoms with Crippen molar-refractivity contribution in [2.75, 3.05) is 13.7 Å². The zero-order valence-electron chi connectivity index (χ0n) is 19.8. The maximum atomic E-state index is 12.0. The Bertz CT molecular complexity index is 977. The molecular weight excluding hydrogens is 470 g/mol. The molecule has 0 spiro atoms. The molecule has 2 N–H and O–H groups in total. The summed E-state index contributed by atoms with van der Waals surface area (Å²) in [6.45, 7) is 4.22. The van der Waals surface area contributed by atoms with E-state index in [9.17, 15) is 29.1 Å². The van der Waals surface area contributed by atoms with Crippen molar-refractivity contribution in [3.05, 3.63) is 23.8 Å². The van der Waals surface area contributed by atoms with Gasteiger partial charge in [0.2, 0.25) is 12.2 Å². The van der Waals surface area contributed by atoms with E-state index in [1.165, 1.54) is 32.2 Å². The molecule has 1 amide bonds. The number of hydrogen-bond acceptors (Lipinski definition) is 11. The Hall–Kier alpha value is -3.87. The first-order chi connectivity index (χ1) is 16.4. The number of carbonyl (C=O) groups is 5. The molecule has 35 heavy (non-hydrogen) atoms. The van der Waals surface area contributed by atoms with E-state index in [0.717, 1.165) is 20.8 Å². The fourth-order valence-electron chi connectivity index (χ4n) is 3.41. The Labute approximate surface area is 200 Å². The molecule has 2 rings (SSSR count). The summed E-state index contributed by atoms with van der Waals surface area (Å²) in [6, 6.07) is 2.60. The van der Waals surface area contributed by atoms with Gasteiger partial charge in [0.15, 0.2) is 23.7 Å². The molecule has 0 bridgehead atoms. The largest absolute Gasteiger partial charge is 0.493 e. The number of esters is 3. The number of carbonyl (C=O) groups excluding carboxylic acids is 4. The van der Waals surface area contributed by atoms with Gasteiger partial charge in [0, 0.05) is 27.7 Å². The van der Waals surface area contributed by atoms with Gasteiger partial charge in [-0.15, -0.1) is 0 Å². The molecule has 1 heterocycles. The third-order valence-corrected chi connectivity index (χ3v) is 4.72. The Kier molecular flexibility index (Phi) is 9.40. The first kappa shape index (κ1) is 27.4. The average molecular weight is 497 g/mol. The molecule has 0 aromatic heterocycles. The quantitative estimate of drug-likeness (QED) is 0.356. The van der Waals surface area contributed by atoms with Crippen molar-refractivity contribution in [2.45, 2.75) is 58.3 Å². The van der Waals surface area contributed by atoms with E-state index in [1.54, 1.807) is 0 Å². The molecule has 1 aliphatic heterocycles. The number of ether oxygens (including phenoxy) is 6. The van der Waals surface area contributed by atoms with Crippen molar-refractivity contribution in [3.8, 4) is 11.5 Å². The molecule has 1 fully saturated rings. The summed E-state index contributed by atoms with van der Waals surface area (Å²) in [5, 5.41) is 11.8. The first-order valence-corrected chi connectivity index (χ1v) is 10.4. The van der Waals surface area contributed by atoms with Crippen LogP contribution in [0.1, 0.15) is 38.1 Å². The number of nitrogens with one attached hydrogen (secondary N) is 1. The lowest BCUT2D eigenvalue weighted by Gasteiger charge is -2.44. The SMILES string of the molecule is COc1cc(C(=O)O)ccc1O[C@@H]1O[C@H](COC(C)=O)[C@H](OC(C)=O)[C@H](OC(C)=O)[C@@H]1NC(C)=O. The van der Waals surface area contributed by atoms with Crippen molar-refractivity contribution >= 4 is 29.8 Å². The molecular formula is C22H27NO12. The minimum Gasteiger partial charge on any atom is -0.493 e. The molecule has 192 valence electrons. The number of hydrogen-bond donors (Lipinski definition) is 2. The fraction of sp³-hybridized carbons (Fsp3) is 0.500. The van der Waals surface area contributed by atoms with Crippen LogP contribution in [-0.4, -0.2) is 79.3 Å². The summed E-state index contributed by atoms with van der Waals surface area (Å²) in [6.07, 6.45) is -5.11. The lowest BCUT2D eigenvalue weighted by atomic mass is 9.96. The van der Waals surface area contributed by atoms with Gasteiger partial charge in [-0.05, 0) is 18.2 Å². The normalized spacial score (nSPS) is 23.4. The van der Waals surface area contributed by atoms with Crippen molar-refractivity contribution in [1.82, 2.24) is 5.32 Å². The smallest absolute Gasteiger partial charge is 0.335 e. The Morgan fingerprint density at radius 1 is 0.943 bits per heavy atom. The van der Waals surface area contributed by atoms with Crippen LogP contribution in [0.25, 0.3) is 0 Å². The molecule has 1 aromatic carbocycles. The zero-order chi connectivity index (χ0) is 26.3. The monoisotopic (exact) mass is 497 g/mol. The van der Waals surface area contributed by atoms with Gasteiger partial charge in [0.1, 0.15) is 18.8 Å². The maximum absolute atomic E-state index is 12.0. The third-order valence-electron chi connectivity index (χ3n) is 4.72. The van der Waals surface area contributed by atoms with Crippen LogP contribution in [0.5, 0.6) is 11.5 Å². The van der Waals surface area contributed by atoms with Gasteiger partial charge in [-0.2, -0.15) is 0 Å². The lowest BCUT2D eigenvalue weighted by Crippen LogP contribution is -2.67. The predicted molar refractivity (Wildman–Crippen MR) is 115 cm³/mol. The minimum absolute atomic E-state index is 0.0385. The van der Waals surface area contributed by atoms with Crippen LogP contribution in [0.3, 0.4) is 0 Å². The highest BCUT2D eigenvalue weighted by molar-refractivity contribution is 5.88. The predicted octanol–water partition coefficient (Wildman–Crippen LogP) is 0.428. The summed E-state index contributed by atoms with van der Waals surface area (Å²) < 4.78 is 32.7. The molecule has 0 unspecified atom stereocenters. The van der Waals surface area contributed by atoms with Crippen molar-refractivity contribution in [2.24, 2.45) is 0 Å².